The first-order valence-electron chi connectivity index (χ1n) is 9.17. The average molecular weight is 450 g/mol. The summed E-state index contributed by atoms with van der Waals surface area (Å²) in [6, 6.07) is 3.97. The van der Waals surface area contributed by atoms with Crippen LogP contribution in [-0.2, 0) is 4.74 Å². The molecule has 8 nitrogen and oxygen atoms in total. The van der Waals surface area contributed by atoms with Crippen molar-refractivity contribution < 1.29 is 14.3 Å². The highest BCUT2D eigenvalue weighted by Crippen LogP contribution is 2.26. The summed E-state index contributed by atoms with van der Waals surface area (Å²) in [7, 11) is 0. The molecule has 0 atom stereocenters. The van der Waals surface area contributed by atoms with E-state index >= 15 is 0 Å². The maximum Gasteiger partial charge on any atom is 0.410 e. The molecule has 2 aromatic rings. The highest BCUT2D eigenvalue weighted by molar-refractivity contribution is 9.10. The Balaban J connectivity index is 1.47. The lowest BCUT2D eigenvalue weighted by Crippen LogP contribution is -2.50. The zero-order valence-corrected chi connectivity index (χ0v) is 17.9. The fourth-order valence-electron chi connectivity index (χ4n) is 2.98. The van der Waals surface area contributed by atoms with E-state index in [1.807, 2.05) is 26.8 Å². The third-order valence-electron chi connectivity index (χ3n) is 4.36. The number of pyridine rings is 1. The second-order valence-corrected chi connectivity index (χ2v) is 8.50. The molecular weight excluding hydrogens is 426 g/mol. The van der Waals surface area contributed by atoms with Gasteiger partial charge < -0.3 is 14.4 Å². The van der Waals surface area contributed by atoms with Crippen LogP contribution in [0.3, 0.4) is 0 Å². The summed E-state index contributed by atoms with van der Waals surface area (Å²) < 4.78 is 13.7. The smallest absolute Gasteiger partial charge is 0.410 e. The highest BCUT2D eigenvalue weighted by Gasteiger charge is 2.25. The maximum atomic E-state index is 12.1. The standard InChI is InChI=1S/C19H24BrN5O3/c1-19(2,3)28-18(26)24-6-4-23(5-7-24)8-9-27-15-10-16(20)17-14(11-21)12-22-25(17)13-15/h10,12-13H,4-9H2,1-3H3. The van der Waals surface area contributed by atoms with Gasteiger partial charge >= 0.3 is 6.09 Å². The summed E-state index contributed by atoms with van der Waals surface area (Å²) >= 11 is 3.48. The fraction of sp³-hybridized carbons (Fsp3) is 0.526. The number of aromatic nitrogens is 2. The van der Waals surface area contributed by atoms with Crippen LogP contribution in [0.15, 0.2) is 22.9 Å². The van der Waals surface area contributed by atoms with E-state index in [9.17, 15) is 4.79 Å². The lowest BCUT2D eigenvalue weighted by Gasteiger charge is -2.35. The number of piperazine rings is 1. The van der Waals surface area contributed by atoms with Crippen molar-refractivity contribution >= 4 is 27.5 Å². The molecule has 1 aliphatic rings. The Bertz CT molecular complexity index is 891. The van der Waals surface area contributed by atoms with Crippen molar-refractivity contribution in [1.29, 1.82) is 5.26 Å². The minimum absolute atomic E-state index is 0.252. The van der Waals surface area contributed by atoms with E-state index in [0.29, 0.717) is 31.0 Å². The number of hydrogen-bond acceptors (Lipinski definition) is 6. The first-order chi connectivity index (χ1) is 13.3. The fourth-order valence-corrected chi connectivity index (χ4v) is 3.60. The van der Waals surface area contributed by atoms with Crippen LogP contribution < -0.4 is 4.74 Å². The molecule has 0 bridgehead atoms. The third kappa shape index (κ3) is 4.94. The van der Waals surface area contributed by atoms with Crippen LogP contribution in [0, 0.1) is 11.3 Å². The summed E-state index contributed by atoms with van der Waals surface area (Å²) in [5, 5.41) is 13.3. The Morgan fingerprint density at radius 1 is 1.32 bits per heavy atom. The average Bonchev–Trinajstić information content (AvgIpc) is 3.04. The molecule has 1 aliphatic heterocycles. The van der Waals surface area contributed by atoms with Crippen molar-refractivity contribution in [3.8, 4) is 11.8 Å². The molecule has 1 amide bonds. The monoisotopic (exact) mass is 449 g/mol. The molecule has 0 N–H and O–H groups in total. The number of rotatable bonds is 4. The van der Waals surface area contributed by atoms with Crippen LogP contribution in [-0.4, -0.2) is 70.4 Å². The van der Waals surface area contributed by atoms with Gasteiger partial charge in [-0.25, -0.2) is 9.31 Å². The van der Waals surface area contributed by atoms with Gasteiger partial charge in [-0.05, 0) is 42.8 Å². The Hall–Kier alpha value is -2.31. The molecule has 2 aromatic heterocycles. The first kappa shape index (κ1) is 20.4. The third-order valence-corrected chi connectivity index (χ3v) is 4.97. The quantitative estimate of drug-likeness (QED) is 0.713. The molecule has 0 radical (unpaired) electrons. The van der Waals surface area contributed by atoms with Crippen molar-refractivity contribution in [3.63, 3.8) is 0 Å². The number of carbonyl (C=O) groups excluding carboxylic acids is 1. The zero-order valence-electron chi connectivity index (χ0n) is 16.3. The topological polar surface area (TPSA) is 83.1 Å². The number of halogens is 1. The molecule has 3 rings (SSSR count). The normalized spacial score (nSPS) is 15.5. The second-order valence-electron chi connectivity index (χ2n) is 7.64. The summed E-state index contributed by atoms with van der Waals surface area (Å²) in [4.78, 5) is 16.1. The lowest BCUT2D eigenvalue weighted by atomic mass is 10.2. The van der Waals surface area contributed by atoms with Gasteiger partial charge in [-0.1, -0.05) is 0 Å². The zero-order chi connectivity index (χ0) is 20.3. The van der Waals surface area contributed by atoms with E-state index in [0.717, 1.165) is 29.6 Å². The van der Waals surface area contributed by atoms with Gasteiger partial charge in [0.15, 0.2) is 0 Å². The van der Waals surface area contributed by atoms with Crippen LogP contribution in [0.2, 0.25) is 0 Å². The minimum atomic E-state index is -0.472. The van der Waals surface area contributed by atoms with Gasteiger partial charge in [0.05, 0.1) is 23.5 Å². The number of nitrogens with zero attached hydrogens (tertiary/aromatic N) is 5. The van der Waals surface area contributed by atoms with E-state index < -0.39 is 5.60 Å². The number of carbonyl (C=O) groups is 1. The first-order valence-corrected chi connectivity index (χ1v) is 9.96. The molecule has 0 unspecified atom stereocenters. The van der Waals surface area contributed by atoms with Gasteiger partial charge in [0.25, 0.3) is 0 Å². The molecule has 28 heavy (non-hydrogen) atoms. The molecule has 0 spiro atoms. The Labute approximate surface area is 172 Å². The van der Waals surface area contributed by atoms with Crippen LogP contribution in [0.25, 0.3) is 5.52 Å². The van der Waals surface area contributed by atoms with E-state index in [2.05, 4.69) is 32.0 Å². The van der Waals surface area contributed by atoms with Crippen LogP contribution in [0.1, 0.15) is 26.3 Å². The van der Waals surface area contributed by atoms with Crippen molar-refractivity contribution in [3.05, 3.63) is 28.5 Å². The molecule has 0 aromatic carbocycles. The molecule has 3 heterocycles. The van der Waals surface area contributed by atoms with E-state index in [-0.39, 0.29) is 6.09 Å². The Morgan fingerprint density at radius 2 is 2.04 bits per heavy atom. The predicted octanol–water partition coefficient (Wildman–Crippen LogP) is 2.90. The second kappa shape index (κ2) is 8.37. The minimum Gasteiger partial charge on any atom is -0.491 e. The van der Waals surface area contributed by atoms with Crippen LogP contribution in [0.5, 0.6) is 5.75 Å². The van der Waals surface area contributed by atoms with Gasteiger partial charge in [0.1, 0.15) is 24.0 Å². The number of nitriles is 1. The van der Waals surface area contributed by atoms with Gasteiger partial charge in [-0.15, -0.1) is 0 Å². The van der Waals surface area contributed by atoms with Crippen molar-refractivity contribution in [2.75, 3.05) is 39.3 Å². The maximum absolute atomic E-state index is 12.1. The van der Waals surface area contributed by atoms with Gasteiger partial charge in [0.2, 0.25) is 0 Å². The Morgan fingerprint density at radius 3 is 2.68 bits per heavy atom. The molecule has 1 saturated heterocycles. The number of hydrogen-bond donors (Lipinski definition) is 0. The molecule has 1 fully saturated rings. The summed E-state index contributed by atoms with van der Waals surface area (Å²) in [6.45, 7) is 9.78. The number of amides is 1. The van der Waals surface area contributed by atoms with E-state index in [4.69, 9.17) is 14.7 Å². The SMILES string of the molecule is CC(C)(C)OC(=O)N1CCN(CCOc2cc(Br)c3c(C#N)cnn3c2)CC1. The highest BCUT2D eigenvalue weighted by atomic mass is 79.9. The summed E-state index contributed by atoms with van der Waals surface area (Å²) in [5.41, 5.74) is 0.773. The molecular formula is C19H24BrN5O3. The van der Waals surface area contributed by atoms with Crippen molar-refractivity contribution in [1.82, 2.24) is 19.4 Å². The molecule has 150 valence electrons. The molecule has 9 heteroatoms. The van der Waals surface area contributed by atoms with E-state index in [1.165, 1.54) is 6.20 Å². The molecule has 0 saturated carbocycles. The van der Waals surface area contributed by atoms with Gasteiger partial charge in [-0.2, -0.15) is 10.4 Å². The van der Waals surface area contributed by atoms with Crippen molar-refractivity contribution in [2.24, 2.45) is 0 Å². The Kier molecular flexibility index (Phi) is 6.10. The lowest BCUT2D eigenvalue weighted by molar-refractivity contribution is 0.0137. The van der Waals surface area contributed by atoms with Crippen LogP contribution in [0.4, 0.5) is 4.79 Å². The van der Waals surface area contributed by atoms with Gasteiger partial charge in [0, 0.05) is 37.2 Å². The number of ether oxygens (including phenoxy) is 2. The van der Waals surface area contributed by atoms with Crippen LogP contribution >= 0.6 is 15.9 Å². The summed E-state index contributed by atoms with van der Waals surface area (Å²) in [5.74, 6) is 0.680. The predicted molar refractivity (Wildman–Crippen MR) is 107 cm³/mol. The number of fused-ring (bicyclic) bond motifs is 1. The van der Waals surface area contributed by atoms with Gasteiger partial charge in [-0.3, -0.25) is 4.90 Å². The van der Waals surface area contributed by atoms with E-state index in [1.54, 1.807) is 15.6 Å². The van der Waals surface area contributed by atoms with Crippen molar-refractivity contribution in [2.45, 2.75) is 26.4 Å². The largest absolute Gasteiger partial charge is 0.491 e. The molecule has 0 aliphatic carbocycles. The summed E-state index contributed by atoms with van der Waals surface area (Å²) in [6.07, 6.45) is 3.05.